The molecule has 0 saturated carbocycles. The van der Waals surface area contributed by atoms with Gasteiger partial charge in [0.15, 0.2) is 11.5 Å². The molecule has 0 aliphatic rings. The summed E-state index contributed by atoms with van der Waals surface area (Å²) in [5.74, 6) is 1.47. The second-order valence-corrected chi connectivity index (χ2v) is 7.25. The van der Waals surface area contributed by atoms with Gasteiger partial charge < -0.3 is 0 Å². The third-order valence-corrected chi connectivity index (χ3v) is 4.70. The molecule has 4 rings (SSSR count). The van der Waals surface area contributed by atoms with Crippen molar-refractivity contribution < 1.29 is 0 Å². The van der Waals surface area contributed by atoms with Gasteiger partial charge in [-0.15, -0.1) is 0 Å². The molecule has 3 aromatic heterocycles. The van der Waals surface area contributed by atoms with Crippen molar-refractivity contribution in [3.8, 4) is 11.4 Å². The Hall–Kier alpha value is -2.88. The van der Waals surface area contributed by atoms with Crippen molar-refractivity contribution in [2.75, 3.05) is 0 Å². The van der Waals surface area contributed by atoms with E-state index in [2.05, 4.69) is 61.9 Å². The molecule has 4 aromatic rings. The molecule has 0 spiro atoms. The Morgan fingerprint density at radius 2 is 1.62 bits per heavy atom. The fraction of sp³-hybridized carbons (Fsp3) is 0.273. The summed E-state index contributed by atoms with van der Waals surface area (Å²) in [5.41, 5.74) is 5.03. The lowest BCUT2D eigenvalue weighted by molar-refractivity contribution is 0.829. The third-order valence-electron chi connectivity index (χ3n) is 4.70. The Kier molecular flexibility index (Phi) is 4.11. The Balaban J connectivity index is 1.92. The maximum Gasteiger partial charge on any atom is 0.163 e. The monoisotopic (exact) mass is 342 g/mol. The summed E-state index contributed by atoms with van der Waals surface area (Å²) < 4.78 is 0. The van der Waals surface area contributed by atoms with Gasteiger partial charge in [0.05, 0.1) is 11.2 Å². The van der Waals surface area contributed by atoms with Crippen LogP contribution in [0.15, 0.2) is 48.8 Å². The van der Waals surface area contributed by atoms with E-state index < -0.39 is 0 Å². The van der Waals surface area contributed by atoms with Crippen LogP contribution in [-0.4, -0.2) is 19.9 Å². The Morgan fingerprint density at radius 3 is 2.38 bits per heavy atom. The molecule has 26 heavy (non-hydrogen) atoms. The maximum atomic E-state index is 4.86. The van der Waals surface area contributed by atoms with Crippen LogP contribution in [0.25, 0.3) is 33.3 Å². The second kappa shape index (κ2) is 6.45. The van der Waals surface area contributed by atoms with Crippen molar-refractivity contribution in [2.24, 2.45) is 0 Å². The second-order valence-electron chi connectivity index (χ2n) is 7.25. The smallest absolute Gasteiger partial charge is 0.163 e. The van der Waals surface area contributed by atoms with E-state index in [1.54, 1.807) is 6.20 Å². The third kappa shape index (κ3) is 2.81. The van der Waals surface area contributed by atoms with Gasteiger partial charge >= 0.3 is 0 Å². The molecular formula is C22H22N4. The van der Waals surface area contributed by atoms with Crippen LogP contribution in [0.1, 0.15) is 50.8 Å². The largest absolute Gasteiger partial charge is 0.256 e. The molecule has 0 bridgehead atoms. The summed E-state index contributed by atoms with van der Waals surface area (Å²) in [5, 5.41) is 2.21. The summed E-state index contributed by atoms with van der Waals surface area (Å²) in [6.07, 6.45) is 3.66. The number of rotatable bonds is 3. The lowest BCUT2D eigenvalue weighted by Crippen LogP contribution is -2.01. The van der Waals surface area contributed by atoms with Gasteiger partial charge in [-0.2, -0.15) is 0 Å². The average molecular weight is 342 g/mol. The number of aromatic nitrogens is 4. The van der Waals surface area contributed by atoms with Gasteiger partial charge in [-0.05, 0) is 41.7 Å². The van der Waals surface area contributed by atoms with Gasteiger partial charge in [-0.1, -0.05) is 39.8 Å². The Labute approximate surface area is 153 Å². The number of hydrogen-bond acceptors (Lipinski definition) is 4. The molecule has 0 saturated heterocycles. The van der Waals surface area contributed by atoms with Crippen LogP contribution in [0, 0.1) is 0 Å². The minimum absolute atomic E-state index is 0.301. The lowest BCUT2D eigenvalue weighted by Gasteiger charge is -2.12. The van der Waals surface area contributed by atoms with E-state index in [0.717, 1.165) is 27.8 Å². The van der Waals surface area contributed by atoms with Gasteiger partial charge in [0, 0.05) is 28.7 Å². The number of benzene rings is 1. The highest BCUT2D eigenvalue weighted by Gasteiger charge is 2.14. The molecule has 4 nitrogen and oxygen atoms in total. The van der Waals surface area contributed by atoms with Crippen LogP contribution in [0.4, 0.5) is 0 Å². The summed E-state index contributed by atoms with van der Waals surface area (Å²) in [4.78, 5) is 18.6. The quantitative estimate of drug-likeness (QED) is 0.494. The van der Waals surface area contributed by atoms with Crippen molar-refractivity contribution in [3.63, 3.8) is 0 Å². The van der Waals surface area contributed by atoms with Gasteiger partial charge in [0.1, 0.15) is 0 Å². The van der Waals surface area contributed by atoms with E-state index in [1.165, 1.54) is 10.9 Å². The van der Waals surface area contributed by atoms with E-state index in [4.69, 9.17) is 9.97 Å². The first-order chi connectivity index (χ1) is 12.5. The van der Waals surface area contributed by atoms with Crippen LogP contribution < -0.4 is 0 Å². The predicted octanol–water partition coefficient (Wildman–Crippen LogP) is 5.49. The van der Waals surface area contributed by atoms with Gasteiger partial charge in [0.25, 0.3) is 0 Å². The van der Waals surface area contributed by atoms with E-state index in [-0.39, 0.29) is 0 Å². The SMILES string of the molecule is CC(C)c1ccnc2cc(-c3nc(C(C)C)c4cccnc4n3)ccc12. The standard InChI is InChI=1S/C22H22N4/c1-13(2)16-9-11-23-19-12-15(7-8-17(16)19)21-25-20(14(3)4)18-6-5-10-24-22(18)26-21/h5-14H,1-4H3. The molecule has 0 unspecified atom stereocenters. The molecule has 0 atom stereocenters. The molecule has 130 valence electrons. The van der Waals surface area contributed by atoms with Gasteiger partial charge in [-0.3, -0.25) is 4.98 Å². The minimum atomic E-state index is 0.301. The highest BCUT2D eigenvalue weighted by molar-refractivity contribution is 5.87. The zero-order valence-corrected chi connectivity index (χ0v) is 15.6. The van der Waals surface area contributed by atoms with Crippen molar-refractivity contribution in [1.82, 2.24) is 19.9 Å². The van der Waals surface area contributed by atoms with E-state index in [9.17, 15) is 0 Å². The van der Waals surface area contributed by atoms with Crippen molar-refractivity contribution >= 4 is 21.9 Å². The number of fused-ring (bicyclic) bond motifs is 2. The maximum absolute atomic E-state index is 4.86. The first-order valence-corrected chi connectivity index (χ1v) is 9.06. The lowest BCUT2D eigenvalue weighted by atomic mass is 9.98. The Bertz CT molecular complexity index is 1100. The summed E-state index contributed by atoms with van der Waals surface area (Å²) >= 11 is 0. The molecule has 1 aromatic carbocycles. The van der Waals surface area contributed by atoms with Crippen molar-refractivity contribution in [2.45, 2.75) is 39.5 Å². The normalized spacial score (nSPS) is 11.8. The summed E-state index contributed by atoms with van der Waals surface area (Å²) in [7, 11) is 0. The Morgan fingerprint density at radius 1 is 0.769 bits per heavy atom. The van der Waals surface area contributed by atoms with Crippen molar-refractivity contribution in [3.05, 3.63) is 60.0 Å². The number of hydrogen-bond donors (Lipinski definition) is 0. The minimum Gasteiger partial charge on any atom is -0.256 e. The fourth-order valence-corrected chi connectivity index (χ4v) is 3.37. The summed E-state index contributed by atoms with van der Waals surface area (Å²) in [6.45, 7) is 8.70. The molecular weight excluding hydrogens is 320 g/mol. The van der Waals surface area contributed by atoms with Crippen LogP contribution in [0.2, 0.25) is 0 Å². The molecule has 0 radical (unpaired) electrons. The van der Waals surface area contributed by atoms with Crippen LogP contribution in [0.3, 0.4) is 0 Å². The van der Waals surface area contributed by atoms with Crippen molar-refractivity contribution in [1.29, 1.82) is 0 Å². The van der Waals surface area contributed by atoms with E-state index in [1.807, 2.05) is 18.3 Å². The van der Waals surface area contributed by atoms with Crippen LogP contribution in [0.5, 0.6) is 0 Å². The molecule has 0 fully saturated rings. The first-order valence-electron chi connectivity index (χ1n) is 9.06. The van der Waals surface area contributed by atoms with Crippen LogP contribution >= 0.6 is 0 Å². The average Bonchev–Trinajstić information content (AvgIpc) is 2.65. The molecule has 0 aliphatic carbocycles. The van der Waals surface area contributed by atoms with E-state index in [0.29, 0.717) is 17.7 Å². The van der Waals surface area contributed by atoms with E-state index >= 15 is 0 Å². The molecule has 3 heterocycles. The molecule has 0 aliphatic heterocycles. The molecule has 0 amide bonds. The topological polar surface area (TPSA) is 51.6 Å². The molecule has 4 heteroatoms. The van der Waals surface area contributed by atoms with Gasteiger partial charge in [0.2, 0.25) is 0 Å². The fourth-order valence-electron chi connectivity index (χ4n) is 3.37. The predicted molar refractivity (Wildman–Crippen MR) is 106 cm³/mol. The van der Waals surface area contributed by atoms with Gasteiger partial charge in [-0.25, -0.2) is 15.0 Å². The zero-order chi connectivity index (χ0) is 18.3. The number of pyridine rings is 2. The molecule has 0 N–H and O–H groups in total. The zero-order valence-electron chi connectivity index (χ0n) is 15.6. The van der Waals surface area contributed by atoms with Crippen LogP contribution in [-0.2, 0) is 0 Å². The summed E-state index contributed by atoms with van der Waals surface area (Å²) in [6, 6.07) is 12.4. The highest BCUT2D eigenvalue weighted by Crippen LogP contribution is 2.29. The first kappa shape index (κ1) is 16.6. The highest BCUT2D eigenvalue weighted by atomic mass is 14.9. The number of nitrogens with zero attached hydrogens (tertiary/aromatic N) is 4.